The molecule has 31 heavy (non-hydrogen) atoms. The molecule has 0 saturated carbocycles. The molecule has 3 rings (SSSR count). The summed E-state index contributed by atoms with van der Waals surface area (Å²) in [4.78, 5) is 38.6. The molecule has 0 aromatic heterocycles. The Kier molecular flexibility index (Phi) is 6.97. The summed E-state index contributed by atoms with van der Waals surface area (Å²) in [5, 5.41) is 1.71. The number of hydrogen-bond acceptors (Lipinski definition) is 6. The van der Waals surface area contributed by atoms with Crippen molar-refractivity contribution >= 4 is 44.7 Å². The van der Waals surface area contributed by atoms with Crippen LogP contribution in [0.2, 0.25) is 0 Å². The quantitative estimate of drug-likeness (QED) is 0.639. The fourth-order valence-corrected chi connectivity index (χ4v) is 4.77. The van der Waals surface area contributed by atoms with Gasteiger partial charge in [-0.3, -0.25) is 19.3 Å². The number of rotatable bonds is 7. The highest BCUT2D eigenvalue weighted by atomic mass is 32.2. The Hall–Kier alpha value is -2.91. The van der Waals surface area contributed by atoms with Crippen molar-refractivity contribution in [3.8, 4) is 0 Å². The zero-order chi connectivity index (χ0) is 22.6. The van der Waals surface area contributed by atoms with Gasteiger partial charge in [0.05, 0.1) is 15.1 Å². The molecular formula is C22H22N2O5S2. The number of carbonyl (C=O) groups is 3. The number of imide groups is 1. The summed E-state index contributed by atoms with van der Waals surface area (Å²) in [6, 6.07) is 14.9. The van der Waals surface area contributed by atoms with Crippen molar-refractivity contribution in [2.45, 2.75) is 24.0 Å². The van der Waals surface area contributed by atoms with Crippen LogP contribution in [0.15, 0.2) is 64.4 Å². The number of benzene rings is 2. The van der Waals surface area contributed by atoms with Gasteiger partial charge in [0.1, 0.15) is 0 Å². The van der Waals surface area contributed by atoms with E-state index in [1.807, 2.05) is 30.3 Å². The van der Waals surface area contributed by atoms with Crippen molar-refractivity contribution in [3.63, 3.8) is 0 Å². The predicted molar refractivity (Wildman–Crippen MR) is 120 cm³/mol. The molecule has 1 saturated heterocycles. The van der Waals surface area contributed by atoms with E-state index in [4.69, 9.17) is 0 Å². The second-order valence-electron chi connectivity index (χ2n) is 7.12. The van der Waals surface area contributed by atoms with E-state index in [-0.39, 0.29) is 23.2 Å². The molecule has 0 unspecified atom stereocenters. The standard InChI is InChI=1S/C22H22N2O5S2/c1-15(2)31(28,29)18-10-8-17(9-11-18)20(25)23-12-13-24-21(26)19(30-22(24)27)14-16-6-4-3-5-7-16/h3-11,14-15H,12-13H2,1-2H3,(H,23,25)/b19-14-. The molecule has 0 spiro atoms. The lowest BCUT2D eigenvalue weighted by atomic mass is 10.2. The first-order valence-electron chi connectivity index (χ1n) is 9.62. The lowest BCUT2D eigenvalue weighted by Gasteiger charge is -2.13. The third-order valence-electron chi connectivity index (χ3n) is 4.66. The monoisotopic (exact) mass is 458 g/mol. The van der Waals surface area contributed by atoms with Crippen molar-refractivity contribution in [1.82, 2.24) is 10.2 Å². The smallest absolute Gasteiger partial charge is 0.293 e. The van der Waals surface area contributed by atoms with E-state index in [1.54, 1.807) is 19.9 Å². The molecule has 9 heteroatoms. The fourth-order valence-electron chi connectivity index (χ4n) is 2.84. The maximum absolute atomic E-state index is 12.5. The molecule has 3 amide bonds. The van der Waals surface area contributed by atoms with E-state index >= 15 is 0 Å². The van der Waals surface area contributed by atoms with E-state index in [9.17, 15) is 22.8 Å². The minimum atomic E-state index is -3.41. The molecule has 0 bridgehead atoms. The predicted octanol–water partition coefficient (Wildman–Crippen LogP) is 3.34. The van der Waals surface area contributed by atoms with Crippen LogP contribution in [0.4, 0.5) is 4.79 Å². The molecule has 7 nitrogen and oxygen atoms in total. The van der Waals surface area contributed by atoms with Gasteiger partial charge in [0.25, 0.3) is 17.1 Å². The summed E-state index contributed by atoms with van der Waals surface area (Å²) in [5.41, 5.74) is 1.12. The Morgan fingerprint density at radius 3 is 2.32 bits per heavy atom. The molecule has 2 aromatic carbocycles. The van der Waals surface area contributed by atoms with Crippen molar-refractivity contribution in [3.05, 3.63) is 70.6 Å². The van der Waals surface area contributed by atoms with Gasteiger partial charge in [-0.25, -0.2) is 8.42 Å². The summed E-state index contributed by atoms with van der Waals surface area (Å²) in [5.74, 6) is -0.809. The second kappa shape index (κ2) is 9.49. The summed E-state index contributed by atoms with van der Waals surface area (Å²) < 4.78 is 24.3. The Balaban J connectivity index is 1.57. The van der Waals surface area contributed by atoms with E-state index in [0.29, 0.717) is 10.5 Å². The largest absolute Gasteiger partial charge is 0.350 e. The Bertz CT molecular complexity index is 1120. The Morgan fingerprint density at radius 1 is 1.06 bits per heavy atom. The van der Waals surface area contributed by atoms with Gasteiger partial charge in [0.2, 0.25) is 0 Å². The van der Waals surface area contributed by atoms with E-state index in [0.717, 1.165) is 22.2 Å². The van der Waals surface area contributed by atoms with Crippen molar-refractivity contribution in [2.24, 2.45) is 0 Å². The van der Waals surface area contributed by atoms with Crippen molar-refractivity contribution in [1.29, 1.82) is 0 Å². The number of amides is 3. The van der Waals surface area contributed by atoms with Crippen LogP contribution in [-0.4, -0.2) is 48.7 Å². The zero-order valence-electron chi connectivity index (χ0n) is 17.1. The first kappa shape index (κ1) is 22.8. The Morgan fingerprint density at radius 2 is 1.71 bits per heavy atom. The zero-order valence-corrected chi connectivity index (χ0v) is 18.7. The van der Waals surface area contributed by atoms with Gasteiger partial charge in [-0.2, -0.15) is 0 Å². The van der Waals surface area contributed by atoms with Crippen molar-refractivity contribution < 1.29 is 22.8 Å². The average Bonchev–Trinajstić information content (AvgIpc) is 3.01. The second-order valence-corrected chi connectivity index (χ2v) is 10.6. The highest BCUT2D eigenvalue weighted by Gasteiger charge is 2.34. The van der Waals surface area contributed by atoms with Gasteiger partial charge in [-0.05, 0) is 61.5 Å². The summed E-state index contributed by atoms with van der Waals surface area (Å²) in [7, 11) is -3.41. The van der Waals surface area contributed by atoms with Gasteiger partial charge >= 0.3 is 0 Å². The number of nitrogens with one attached hydrogen (secondary N) is 1. The highest BCUT2D eigenvalue weighted by molar-refractivity contribution is 8.18. The maximum Gasteiger partial charge on any atom is 0.293 e. The number of nitrogens with zero attached hydrogens (tertiary/aromatic N) is 1. The van der Waals surface area contributed by atoms with E-state index in [1.165, 1.54) is 24.3 Å². The summed E-state index contributed by atoms with van der Waals surface area (Å²) in [6.07, 6.45) is 1.66. The SMILES string of the molecule is CC(C)S(=O)(=O)c1ccc(C(=O)NCCN2C(=O)S/C(=C\c3ccccc3)C2=O)cc1. The van der Waals surface area contributed by atoms with Crippen LogP contribution in [0.25, 0.3) is 6.08 Å². The minimum absolute atomic E-state index is 0.0440. The third-order valence-corrected chi connectivity index (χ3v) is 7.74. The van der Waals surface area contributed by atoms with E-state index in [2.05, 4.69) is 5.32 Å². The van der Waals surface area contributed by atoms with Crippen molar-refractivity contribution in [2.75, 3.05) is 13.1 Å². The first-order valence-corrected chi connectivity index (χ1v) is 12.0. The van der Waals surface area contributed by atoms with Crippen LogP contribution in [-0.2, 0) is 14.6 Å². The molecule has 1 N–H and O–H groups in total. The topological polar surface area (TPSA) is 101 Å². The van der Waals surface area contributed by atoms with Gasteiger partial charge in [0.15, 0.2) is 9.84 Å². The third kappa shape index (κ3) is 5.23. The highest BCUT2D eigenvalue weighted by Crippen LogP contribution is 2.31. The summed E-state index contributed by atoms with van der Waals surface area (Å²) >= 11 is 0.867. The number of thioether (sulfide) groups is 1. The molecular weight excluding hydrogens is 436 g/mol. The molecule has 1 fully saturated rings. The molecule has 0 atom stereocenters. The first-order chi connectivity index (χ1) is 14.7. The van der Waals surface area contributed by atoms with E-state index < -0.39 is 26.9 Å². The molecule has 1 aliphatic rings. The van der Waals surface area contributed by atoms with Crippen LogP contribution in [0.1, 0.15) is 29.8 Å². The van der Waals surface area contributed by atoms with Crippen LogP contribution in [0, 0.1) is 0 Å². The molecule has 1 heterocycles. The van der Waals surface area contributed by atoms with Crippen LogP contribution in [0.3, 0.4) is 0 Å². The van der Waals surface area contributed by atoms with Gasteiger partial charge in [-0.15, -0.1) is 0 Å². The number of sulfone groups is 1. The fraction of sp³-hybridized carbons (Fsp3) is 0.227. The normalized spacial score (nSPS) is 15.7. The number of carbonyl (C=O) groups excluding carboxylic acids is 3. The molecule has 0 radical (unpaired) electrons. The van der Waals surface area contributed by atoms with Crippen LogP contribution in [0.5, 0.6) is 0 Å². The maximum atomic E-state index is 12.5. The van der Waals surface area contributed by atoms with Crippen LogP contribution < -0.4 is 5.32 Å². The Labute approximate surface area is 185 Å². The van der Waals surface area contributed by atoms with Gasteiger partial charge < -0.3 is 5.32 Å². The van der Waals surface area contributed by atoms with Crippen LogP contribution >= 0.6 is 11.8 Å². The van der Waals surface area contributed by atoms with Gasteiger partial charge in [0, 0.05) is 18.7 Å². The molecule has 162 valence electrons. The average molecular weight is 459 g/mol. The number of hydrogen-bond donors (Lipinski definition) is 1. The lowest BCUT2D eigenvalue weighted by Crippen LogP contribution is -2.37. The molecule has 1 aliphatic heterocycles. The minimum Gasteiger partial charge on any atom is -0.350 e. The molecule has 0 aliphatic carbocycles. The van der Waals surface area contributed by atoms with Gasteiger partial charge in [-0.1, -0.05) is 30.3 Å². The lowest BCUT2D eigenvalue weighted by molar-refractivity contribution is -0.122. The molecule has 2 aromatic rings. The summed E-state index contributed by atoms with van der Waals surface area (Å²) in [6.45, 7) is 3.31.